The van der Waals surface area contributed by atoms with Crippen molar-refractivity contribution in [2.24, 2.45) is 0 Å². The number of methoxy groups -OCH3 is 1. The second kappa shape index (κ2) is 6.69. The quantitative estimate of drug-likeness (QED) is 0.523. The van der Waals surface area contributed by atoms with Gasteiger partial charge in [0.1, 0.15) is 11.3 Å². The van der Waals surface area contributed by atoms with Gasteiger partial charge in [-0.25, -0.2) is 4.79 Å². The lowest BCUT2D eigenvalue weighted by molar-refractivity contribution is -0.128. The summed E-state index contributed by atoms with van der Waals surface area (Å²) in [4.78, 5) is 13.3. The molecule has 2 aromatic rings. The van der Waals surface area contributed by atoms with Gasteiger partial charge in [-0.2, -0.15) is 0 Å². The van der Waals surface area contributed by atoms with Crippen LogP contribution in [0.1, 0.15) is 29.8 Å². The number of benzene rings is 2. The Morgan fingerprint density at radius 3 is 2.50 bits per heavy atom. The monoisotopic (exact) mass is 408 g/mol. The molecule has 0 amide bonds. The summed E-state index contributed by atoms with van der Waals surface area (Å²) in [5.74, 6) is 0.764. The molecular weight excluding hydrogens is 392 g/mol. The molecule has 126 valence electrons. The normalized spacial score (nSPS) is 15.2. The zero-order valence-electron chi connectivity index (χ0n) is 13.6. The summed E-state index contributed by atoms with van der Waals surface area (Å²) in [7, 11) is 1.64. The largest absolute Gasteiger partial charge is 0.497 e. The van der Waals surface area contributed by atoms with Crippen molar-refractivity contribution in [2.45, 2.75) is 30.3 Å². The standard InChI is InChI=1S/C18H17BrO4S/c1-18(2)22-16-13(19)8-9-14(15(16)17(20)23-18)24-10-11-4-6-12(21-3)7-5-11/h4-9H,10H2,1-3H3. The van der Waals surface area contributed by atoms with E-state index in [1.54, 1.807) is 32.7 Å². The first-order valence-corrected chi connectivity index (χ1v) is 9.18. The second-order valence-corrected chi connectivity index (χ2v) is 7.65. The van der Waals surface area contributed by atoms with Gasteiger partial charge in [0.2, 0.25) is 5.79 Å². The van der Waals surface area contributed by atoms with Crippen LogP contribution in [0.3, 0.4) is 0 Å². The van der Waals surface area contributed by atoms with E-state index in [4.69, 9.17) is 14.2 Å². The number of halogens is 1. The van der Waals surface area contributed by atoms with Crippen LogP contribution in [0.2, 0.25) is 0 Å². The van der Waals surface area contributed by atoms with Crippen molar-refractivity contribution in [2.75, 3.05) is 7.11 Å². The van der Waals surface area contributed by atoms with E-state index in [-0.39, 0.29) is 5.97 Å². The topological polar surface area (TPSA) is 44.8 Å². The Morgan fingerprint density at radius 1 is 1.12 bits per heavy atom. The molecule has 1 aliphatic heterocycles. The molecule has 24 heavy (non-hydrogen) atoms. The van der Waals surface area contributed by atoms with Gasteiger partial charge >= 0.3 is 5.97 Å². The van der Waals surface area contributed by atoms with E-state index < -0.39 is 5.79 Å². The van der Waals surface area contributed by atoms with Gasteiger partial charge in [0, 0.05) is 24.5 Å². The van der Waals surface area contributed by atoms with E-state index in [0.717, 1.165) is 26.4 Å². The molecule has 4 nitrogen and oxygen atoms in total. The minimum absolute atomic E-state index is 0.361. The number of hydrogen-bond donors (Lipinski definition) is 0. The highest BCUT2D eigenvalue weighted by Crippen LogP contribution is 2.42. The highest BCUT2D eigenvalue weighted by molar-refractivity contribution is 9.10. The predicted octanol–water partition coefficient (Wildman–Crippen LogP) is 5.04. The number of rotatable bonds is 4. The van der Waals surface area contributed by atoms with E-state index in [0.29, 0.717) is 11.3 Å². The van der Waals surface area contributed by atoms with Crippen LogP contribution in [0.5, 0.6) is 11.5 Å². The first-order valence-electron chi connectivity index (χ1n) is 7.40. The predicted molar refractivity (Wildman–Crippen MR) is 96.8 cm³/mol. The molecule has 0 bridgehead atoms. The lowest BCUT2D eigenvalue weighted by atomic mass is 10.1. The third kappa shape index (κ3) is 3.54. The minimum atomic E-state index is -0.966. The fraction of sp³-hybridized carbons (Fsp3) is 0.278. The molecule has 0 saturated heterocycles. The van der Waals surface area contributed by atoms with E-state index in [1.165, 1.54) is 0 Å². The number of thioether (sulfide) groups is 1. The number of esters is 1. The molecule has 3 rings (SSSR count). The van der Waals surface area contributed by atoms with Gasteiger partial charge in [-0.05, 0) is 45.8 Å². The van der Waals surface area contributed by atoms with Crippen LogP contribution in [0.15, 0.2) is 45.8 Å². The van der Waals surface area contributed by atoms with Crippen LogP contribution in [0, 0.1) is 0 Å². The maximum Gasteiger partial charge on any atom is 0.346 e. The van der Waals surface area contributed by atoms with Crippen LogP contribution >= 0.6 is 27.7 Å². The van der Waals surface area contributed by atoms with Crippen molar-refractivity contribution in [3.05, 3.63) is 52.0 Å². The zero-order valence-corrected chi connectivity index (χ0v) is 16.0. The Morgan fingerprint density at radius 2 is 1.83 bits per heavy atom. The Kier molecular flexibility index (Phi) is 4.78. The number of carbonyl (C=O) groups is 1. The Bertz CT molecular complexity index is 771. The van der Waals surface area contributed by atoms with Crippen molar-refractivity contribution in [3.63, 3.8) is 0 Å². The highest BCUT2D eigenvalue weighted by Gasteiger charge is 2.36. The molecule has 0 N–H and O–H groups in total. The van der Waals surface area contributed by atoms with Crippen LogP contribution in [0.4, 0.5) is 0 Å². The van der Waals surface area contributed by atoms with Crippen LogP contribution in [-0.2, 0) is 10.5 Å². The molecule has 6 heteroatoms. The Hall–Kier alpha value is -1.66. The lowest BCUT2D eigenvalue weighted by Gasteiger charge is -2.33. The Labute approximate surface area is 153 Å². The van der Waals surface area contributed by atoms with Gasteiger partial charge in [0.05, 0.1) is 11.6 Å². The zero-order chi connectivity index (χ0) is 17.3. The van der Waals surface area contributed by atoms with E-state index in [1.807, 2.05) is 36.4 Å². The van der Waals surface area contributed by atoms with Gasteiger partial charge in [-0.15, -0.1) is 11.8 Å². The minimum Gasteiger partial charge on any atom is -0.497 e. The van der Waals surface area contributed by atoms with Gasteiger partial charge in [0.15, 0.2) is 5.75 Å². The maximum absolute atomic E-state index is 12.4. The first-order chi connectivity index (χ1) is 11.4. The molecule has 0 unspecified atom stereocenters. The van der Waals surface area contributed by atoms with Crippen molar-refractivity contribution in [1.82, 2.24) is 0 Å². The Balaban J connectivity index is 1.85. The number of fused-ring (bicyclic) bond motifs is 1. The summed E-state index contributed by atoms with van der Waals surface area (Å²) in [5.41, 5.74) is 1.62. The number of hydrogen-bond acceptors (Lipinski definition) is 5. The molecule has 0 fully saturated rings. The van der Waals surface area contributed by atoms with Crippen molar-refractivity contribution in [3.8, 4) is 11.5 Å². The number of carbonyl (C=O) groups excluding carboxylic acids is 1. The fourth-order valence-electron chi connectivity index (χ4n) is 2.38. The summed E-state index contributed by atoms with van der Waals surface area (Å²) in [6.45, 7) is 3.44. The maximum atomic E-state index is 12.4. The van der Waals surface area contributed by atoms with Gasteiger partial charge in [0.25, 0.3) is 0 Å². The first kappa shape index (κ1) is 17.2. The van der Waals surface area contributed by atoms with Crippen LogP contribution in [0.25, 0.3) is 0 Å². The molecule has 0 aromatic heterocycles. The molecule has 1 heterocycles. The van der Waals surface area contributed by atoms with Crippen molar-refractivity contribution >= 4 is 33.7 Å². The van der Waals surface area contributed by atoms with E-state index >= 15 is 0 Å². The highest BCUT2D eigenvalue weighted by atomic mass is 79.9. The van der Waals surface area contributed by atoms with Crippen LogP contribution in [-0.4, -0.2) is 18.9 Å². The van der Waals surface area contributed by atoms with Gasteiger partial charge in [-0.3, -0.25) is 0 Å². The van der Waals surface area contributed by atoms with Crippen molar-refractivity contribution in [1.29, 1.82) is 0 Å². The number of ether oxygens (including phenoxy) is 3. The van der Waals surface area contributed by atoms with E-state index in [2.05, 4.69) is 15.9 Å². The number of cyclic esters (lactones) is 1. The summed E-state index contributed by atoms with van der Waals surface area (Å²) in [6, 6.07) is 11.7. The molecule has 0 radical (unpaired) electrons. The fourth-order valence-corrected chi connectivity index (χ4v) is 3.79. The molecule has 0 spiro atoms. The van der Waals surface area contributed by atoms with E-state index in [9.17, 15) is 4.79 Å². The summed E-state index contributed by atoms with van der Waals surface area (Å²) < 4.78 is 17.1. The third-order valence-corrected chi connectivity index (χ3v) is 5.27. The second-order valence-electron chi connectivity index (χ2n) is 5.78. The van der Waals surface area contributed by atoms with Crippen molar-refractivity contribution < 1.29 is 19.0 Å². The summed E-state index contributed by atoms with van der Waals surface area (Å²) >= 11 is 5.02. The lowest BCUT2D eigenvalue weighted by Crippen LogP contribution is -2.39. The molecule has 2 aromatic carbocycles. The molecule has 0 atom stereocenters. The summed E-state index contributed by atoms with van der Waals surface area (Å²) in [6.07, 6.45) is 0. The summed E-state index contributed by atoms with van der Waals surface area (Å²) in [5, 5.41) is 0. The molecule has 0 aliphatic carbocycles. The SMILES string of the molecule is COc1ccc(CSc2ccc(Br)c3c2C(=O)OC(C)(C)O3)cc1. The van der Waals surface area contributed by atoms with Gasteiger partial charge < -0.3 is 14.2 Å². The smallest absolute Gasteiger partial charge is 0.346 e. The van der Waals surface area contributed by atoms with Gasteiger partial charge in [-0.1, -0.05) is 12.1 Å². The third-order valence-electron chi connectivity index (χ3n) is 3.52. The average Bonchev–Trinajstić information content (AvgIpc) is 2.54. The molecular formula is C18H17BrO4S. The average molecular weight is 409 g/mol. The van der Waals surface area contributed by atoms with Crippen LogP contribution < -0.4 is 9.47 Å². The molecule has 1 aliphatic rings. The molecule has 0 saturated carbocycles.